The van der Waals surface area contributed by atoms with Crippen LogP contribution in [0.2, 0.25) is 0 Å². The van der Waals surface area contributed by atoms with Gasteiger partial charge in [0.1, 0.15) is 11.5 Å². The molecule has 0 aliphatic carbocycles. The van der Waals surface area contributed by atoms with Gasteiger partial charge >= 0.3 is 12.4 Å². The lowest BCUT2D eigenvalue weighted by atomic mass is 9.79. The minimum Gasteiger partial charge on any atom is -0.507 e. The molecular formula is C34H32F6O2. The summed E-state index contributed by atoms with van der Waals surface area (Å²) in [7, 11) is 0. The van der Waals surface area contributed by atoms with E-state index >= 15 is 0 Å². The molecule has 0 atom stereocenters. The number of alkyl halides is 6. The van der Waals surface area contributed by atoms with E-state index in [1.54, 1.807) is 24.3 Å². The highest BCUT2D eigenvalue weighted by atomic mass is 19.4. The van der Waals surface area contributed by atoms with Crippen LogP contribution in [0.5, 0.6) is 11.5 Å². The van der Waals surface area contributed by atoms with Crippen molar-refractivity contribution in [3.8, 4) is 44.9 Å². The summed E-state index contributed by atoms with van der Waals surface area (Å²) in [4.78, 5) is 0. The Labute approximate surface area is 241 Å². The van der Waals surface area contributed by atoms with Gasteiger partial charge in [-0.2, -0.15) is 26.3 Å². The van der Waals surface area contributed by atoms with Crippen LogP contribution in [-0.4, -0.2) is 10.2 Å². The number of aromatic hydroxyl groups is 2. The number of phenolic OH excluding ortho intramolecular Hbond substituents is 2. The van der Waals surface area contributed by atoms with Gasteiger partial charge in [-0.3, -0.25) is 0 Å². The Balaban J connectivity index is 2.00. The molecule has 0 aliphatic heterocycles. The van der Waals surface area contributed by atoms with Gasteiger partial charge in [0.25, 0.3) is 0 Å². The van der Waals surface area contributed by atoms with E-state index in [1.165, 1.54) is 24.3 Å². The van der Waals surface area contributed by atoms with Crippen molar-refractivity contribution in [1.29, 1.82) is 0 Å². The lowest BCUT2D eigenvalue weighted by molar-refractivity contribution is -0.138. The van der Waals surface area contributed by atoms with Crippen LogP contribution in [0.1, 0.15) is 63.8 Å². The van der Waals surface area contributed by atoms with Gasteiger partial charge in [-0.25, -0.2) is 0 Å². The molecule has 0 saturated carbocycles. The molecule has 4 aromatic carbocycles. The van der Waals surface area contributed by atoms with E-state index in [0.717, 1.165) is 24.3 Å². The number of phenols is 2. The summed E-state index contributed by atoms with van der Waals surface area (Å²) in [6.45, 7) is 11.3. The highest BCUT2D eigenvalue weighted by Gasteiger charge is 2.32. The molecule has 0 aromatic heterocycles. The van der Waals surface area contributed by atoms with Crippen LogP contribution < -0.4 is 0 Å². The third-order valence-electron chi connectivity index (χ3n) is 7.22. The maximum absolute atomic E-state index is 13.2. The molecule has 2 N–H and O–H groups in total. The van der Waals surface area contributed by atoms with Crippen molar-refractivity contribution in [2.45, 2.75) is 64.7 Å². The average Bonchev–Trinajstić information content (AvgIpc) is 2.87. The Morgan fingerprint density at radius 1 is 0.429 bits per heavy atom. The maximum atomic E-state index is 13.2. The summed E-state index contributed by atoms with van der Waals surface area (Å²) < 4.78 is 79.2. The smallest absolute Gasteiger partial charge is 0.416 e. The molecule has 4 rings (SSSR count). The normalized spacial score (nSPS) is 13.0. The summed E-state index contributed by atoms with van der Waals surface area (Å²) in [5.41, 5.74) is 0.740. The van der Waals surface area contributed by atoms with Gasteiger partial charge in [0.15, 0.2) is 0 Å². The van der Waals surface area contributed by atoms with Gasteiger partial charge in [0.2, 0.25) is 0 Å². The SMILES string of the molecule is CC(C)(C)c1cc(-c2ccc(C(F)(F)F)cc2)cc(-c2cc(-c3ccc(C(F)(F)F)cc3)cc(C(C)(C)C)c2O)c1O. The Morgan fingerprint density at radius 2 is 0.714 bits per heavy atom. The van der Waals surface area contributed by atoms with E-state index in [0.29, 0.717) is 33.4 Å². The lowest BCUT2D eigenvalue weighted by Gasteiger charge is -2.26. The van der Waals surface area contributed by atoms with Crippen LogP contribution in [0, 0.1) is 0 Å². The largest absolute Gasteiger partial charge is 0.507 e. The van der Waals surface area contributed by atoms with Crippen molar-refractivity contribution < 1.29 is 36.6 Å². The van der Waals surface area contributed by atoms with Crippen molar-refractivity contribution in [2.24, 2.45) is 0 Å². The van der Waals surface area contributed by atoms with Crippen molar-refractivity contribution in [3.63, 3.8) is 0 Å². The van der Waals surface area contributed by atoms with Gasteiger partial charge in [0.05, 0.1) is 11.1 Å². The number of halogens is 6. The second-order valence-electron chi connectivity index (χ2n) is 12.5. The summed E-state index contributed by atoms with van der Waals surface area (Å²) in [5, 5.41) is 23.0. The summed E-state index contributed by atoms with van der Waals surface area (Å²) in [5.74, 6) is -0.226. The molecule has 0 fully saturated rings. The fourth-order valence-corrected chi connectivity index (χ4v) is 4.86. The Kier molecular flexibility index (Phi) is 7.68. The Bertz CT molecular complexity index is 1480. The second kappa shape index (κ2) is 10.4. The standard InChI is InChI=1S/C34H32F6O2/c1-31(2,3)27-17-21(19-7-11-23(12-8-19)33(35,36)37)15-25(29(27)41)26-16-22(18-28(30(26)42)32(4,5)6)20-9-13-24(14-10-20)34(38,39)40/h7-18,41-42H,1-6H3. The van der Waals surface area contributed by atoms with Crippen LogP contribution in [-0.2, 0) is 23.2 Å². The molecular weight excluding hydrogens is 554 g/mol. The first-order valence-corrected chi connectivity index (χ1v) is 13.3. The number of benzene rings is 4. The highest BCUT2D eigenvalue weighted by molar-refractivity contribution is 5.86. The van der Waals surface area contributed by atoms with E-state index in [4.69, 9.17) is 0 Å². The van der Waals surface area contributed by atoms with Crippen LogP contribution in [0.25, 0.3) is 33.4 Å². The Morgan fingerprint density at radius 3 is 0.952 bits per heavy atom. The monoisotopic (exact) mass is 586 g/mol. The second-order valence-corrected chi connectivity index (χ2v) is 12.5. The van der Waals surface area contributed by atoms with Crippen molar-refractivity contribution in [3.05, 3.63) is 95.1 Å². The number of rotatable bonds is 3. The van der Waals surface area contributed by atoms with Crippen LogP contribution in [0.15, 0.2) is 72.8 Å². The number of hydrogen-bond acceptors (Lipinski definition) is 2. The summed E-state index contributed by atoms with van der Waals surface area (Å²) >= 11 is 0. The maximum Gasteiger partial charge on any atom is 0.416 e. The molecule has 0 heterocycles. The van der Waals surface area contributed by atoms with Crippen molar-refractivity contribution >= 4 is 0 Å². The van der Waals surface area contributed by atoms with Crippen LogP contribution >= 0.6 is 0 Å². The average molecular weight is 587 g/mol. The van der Waals surface area contributed by atoms with E-state index in [1.807, 2.05) is 41.5 Å². The minimum absolute atomic E-state index is 0.113. The third kappa shape index (κ3) is 6.27. The quantitative estimate of drug-likeness (QED) is 0.235. The molecule has 4 aromatic rings. The minimum atomic E-state index is -4.50. The van der Waals surface area contributed by atoms with Gasteiger partial charge in [0, 0.05) is 22.3 Å². The third-order valence-corrected chi connectivity index (χ3v) is 7.22. The van der Waals surface area contributed by atoms with Gasteiger partial charge in [-0.1, -0.05) is 65.8 Å². The van der Waals surface area contributed by atoms with E-state index in [2.05, 4.69) is 0 Å². The van der Waals surface area contributed by atoms with Gasteiger partial charge < -0.3 is 10.2 Å². The lowest BCUT2D eigenvalue weighted by Crippen LogP contribution is -2.13. The van der Waals surface area contributed by atoms with Gasteiger partial charge in [-0.05, 0) is 81.6 Å². The van der Waals surface area contributed by atoms with Crippen LogP contribution in [0.4, 0.5) is 26.3 Å². The predicted molar refractivity (Wildman–Crippen MR) is 153 cm³/mol. The molecule has 42 heavy (non-hydrogen) atoms. The summed E-state index contributed by atoms with van der Waals surface area (Å²) in [6, 6.07) is 16.0. The fraction of sp³-hybridized carbons (Fsp3) is 0.294. The number of hydrogen-bond donors (Lipinski definition) is 2. The van der Waals surface area contributed by atoms with E-state index < -0.39 is 34.3 Å². The molecule has 2 nitrogen and oxygen atoms in total. The first-order chi connectivity index (χ1) is 19.2. The molecule has 8 heteroatoms. The van der Waals surface area contributed by atoms with E-state index in [-0.39, 0.29) is 22.6 Å². The topological polar surface area (TPSA) is 40.5 Å². The molecule has 0 unspecified atom stereocenters. The van der Waals surface area contributed by atoms with E-state index in [9.17, 15) is 36.6 Å². The zero-order valence-electron chi connectivity index (χ0n) is 24.1. The molecule has 0 saturated heterocycles. The molecule has 0 amide bonds. The van der Waals surface area contributed by atoms with Gasteiger partial charge in [-0.15, -0.1) is 0 Å². The molecule has 0 spiro atoms. The fourth-order valence-electron chi connectivity index (χ4n) is 4.86. The highest BCUT2D eigenvalue weighted by Crippen LogP contribution is 2.48. The zero-order valence-corrected chi connectivity index (χ0v) is 24.1. The first-order valence-electron chi connectivity index (χ1n) is 13.3. The Hall–Kier alpha value is -3.94. The predicted octanol–water partition coefficient (Wildman–Crippen LogP) is 10.7. The van der Waals surface area contributed by atoms with Crippen molar-refractivity contribution in [2.75, 3.05) is 0 Å². The first kappa shape index (κ1) is 31.0. The van der Waals surface area contributed by atoms with Crippen molar-refractivity contribution in [1.82, 2.24) is 0 Å². The molecule has 0 aliphatic rings. The molecule has 222 valence electrons. The van der Waals surface area contributed by atoms with Crippen LogP contribution in [0.3, 0.4) is 0 Å². The molecule has 0 radical (unpaired) electrons. The summed E-state index contributed by atoms with van der Waals surface area (Å²) in [6.07, 6.45) is -8.99. The zero-order chi connectivity index (χ0) is 31.4. The molecule has 0 bridgehead atoms.